The van der Waals surface area contributed by atoms with Crippen molar-refractivity contribution in [3.63, 3.8) is 0 Å². The third kappa shape index (κ3) is 2.66. The topological polar surface area (TPSA) is 80.1 Å². The molecule has 3 rings (SSSR count). The van der Waals surface area contributed by atoms with Gasteiger partial charge in [-0.05, 0) is 30.7 Å². The fourth-order valence-corrected chi connectivity index (χ4v) is 3.69. The van der Waals surface area contributed by atoms with E-state index in [9.17, 15) is 4.79 Å². The normalized spacial score (nSPS) is 24.3. The minimum atomic E-state index is -0.746. The number of H-pyrrole nitrogens is 1. The molecule has 1 amide bonds. The van der Waals surface area contributed by atoms with Crippen LogP contribution in [0.5, 0.6) is 0 Å². The number of aromatic amines is 1. The molecular formula is C16H20BrN3O2. The third-order valence-electron chi connectivity index (χ3n) is 4.37. The largest absolute Gasteiger partial charge is 0.368 e. The minimum absolute atomic E-state index is 0.0544. The molecule has 0 bridgehead atoms. The van der Waals surface area contributed by atoms with E-state index in [-0.39, 0.29) is 11.9 Å². The summed E-state index contributed by atoms with van der Waals surface area (Å²) in [5, 5.41) is 4.07. The number of ether oxygens (including phenoxy) is 1. The van der Waals surface area contributed by atoms with E-state index in [2.05, 4.69) is 51.4 Å². The number of aromatic nitrogens is 1. The van der Waals surface area contributed by atoms with Gasteiger partial charge in [-0.25, -0.2) is 0 Å². The van der Waals surface area contributed by atoms with Gasteiger partial charge in [0.1, 0.15) is 5.60 Å². The van der Waals surface area contributed by atoms with E-state index in [0.717, 1.165) is 21.1 Å². The number of hydrogen-bond donors (Lipinski definition) is 3. The molecule has 1 saturated carbocycles. The fraction of sp³-hybridized carbons (Fsp3) is 0.438. The van der Waals surface area contributed by atoms with Crippen molar-refractivity contribution in [1.29, 1.82) is 0 Å². The van der Waals surface area contributed by atoms with Gasteiger partial charge in [0.25, 0.3) is 5.91 Å². The van der Waals surface area contributed by atoms with Crippen LogP contribution in [0.3, 0.4) is 0 Å². The van der Waals surface area contributed by atoms with Crippen molar-refractivity contribution in [3.05, 3.63) is 33.9 Å². The summed E-state index contributed by atoms with van der Waals surface area (Å²) in [7, 11) is 1.56. The summed E-state index contributed by atoms with van der Waals surface area (Å²) in [6, 6.07) is 6.24. The molecule has 0 saturated heterocycles. The number of amides is 1. The average molecular weight is 366 g/mol. The maximum atomic E-state index is 12.3. The summed E-state index contributed by atoms with van der Waals surface area (Å²) in [4.78, 5) is 15.7. The molecule has 4 N–H and O–H groups in total. The molecule has 5 nitrogen and oxygen atoms in total. The number of hydrogen-bond acceptors (Lipinski definition) is 3. The van der Waals surface area contributed by atoms with E-state index in [1.807, 2.05) is 0 Å². The number of nitrogens with one attached hydrogen (secondary N) is 2. The zero-order valence-electron chi connectivity index (χ0n) is 12.7. The van der Waals surface area contributed by atoms with E-state index < -0.39 is 5.60 Å². The molecule has 118 valence electrons. The Morgan fingerprint density at radius 3 is 2.86 bits per heavy atom. The molecule has 0 aliphatic heterocycles. The Hall–Kier alpha value is -1.37. The number of carbonyl (C=O) groups excluding carboxylic acids is 1. The highest BCUT2D eigenvalue weighted by Crippen LogP contribution is 2.34. The predicted octanol–water partition coefficient (Wildman–Crippen LogP) is 2.36. The first-order chi connectivity index (χ1) is 10.4. The molecule has 1 aliphatic rings. The van der Waals surface area contributed by atoms with Crippen molar-refractivity contribution >= 4 is 32.7 Å². The summed E-state index contributed by atoms with van der Waals surface area (Å²) >= 11 is 3.50. The number of carbonyl (C=O) groups is 1. The van der Waals surface area contributed by atoms with E-state index >= 15 is 0 Å². The maximum absolute atomic E-state index is 12.3. The molecule has 1 fully saturated rings. The first kappa shape index (κ1) is 15.5. The highest BCUT2D eigenvalue weighted by Gasteiger charge is 2.49. The van der Waals surface area contributed by atoms with Crippen molar-refractivity contribution in [2.75, 3.05) is 7.11 Å². The summed E-state index contributed by atoms with van der Waals surface area (Å²) in [6.07, 6.45) is 1.15. The first-order valence-corrected chi connectivity index (χ1v) is 8.09. The molecule has 2 aromatic rings. The Bertz CT molecular complexity index is 719. The molecule has 0 unspecified atom stereocenters. The number of benzene rings is 1. The number of aryl methyl sites for hydroxylation is 1. The fourth-order valence-electron chi connectivity index (χ4n) is 3.10. The summed E-state index contributed by atoms with van der Waals surface area (Å²) in [5.41, 5.74) is 8.28. The van der Waals surface area contributed by atoms with Crippen LogP contribution in [-0.4, -0.2) is 29.6 Å². The monoisotopic (exact) mass is 365 g/mol. The van der Waals surface area contributed by atoms with Crippen LogP contribution in [0.4, 0.5) is 0 Å². The van der Waals surface area contributed by atoms with Gasteiger partial charge in [0, 0.05) is 47.1 Å². The standard InChI is InChI=1S/C16H20BrN3O2/c1-9-3-11(17)4-10-5-13(20-14(9)10)8-19-15(21)16(22-2)6-12(18)7-16/h3-5,12,20H,6-8,18H2,1-2H3,(H,19,21). The Kier molecular flexibility index (Phi) is 4.01. The van der Waals surface area contributed by atoms with Gasteiger partial charge in [-0.3, -0.25) is 4.79 Å². The van der Waals surface area contributed by atoms with E-state index in [1.165, 1.54) is 5.56 Å². The van der Waals surface area contributed by atoms with Gasteiger partial charge < -0.3 is 20.8 Å². The van der Waals surface area contributed by atoms with Crippen molar-refractivity contribution in [2.24, 2.45) is 5.73 Å². The summed E-state index contributed by atoms with van der Waals surface area (Å²) in [5.74, 6) is -0.0896. The Labute approximate surface area is 137 Å². The lowest BCUT2D eigenvalue weighted by atomic mass is 9.75. The van der Waals surface area contributed by atoms with Crippen molar-refractivity contribution in [3.8, 4) is 0 Å². The van der Waals surface area contributed by atoms with Crippen molar-refractivity contribution in [2.45, 2.75) is 38.0 Å². The van der Waals surface area contributed by atoms with Gasteiger partial charge in [-0.15, -0.1) is 0 Å². The SMILES string of the molecule is COC1(C(=O)NCc2cc3cc(Br)cc(C)c3[nH]2)CC(N)C1. The van der Waals surface area contributed by atoms with Crippen molar-refractivity contribution in [1.82, 2.24) is 10.3 Å². The highest BCUT2D eigenvalue weighted by molar-refractivity contribution is 9.10. The second-order valence-corrected chi connectivity index (χ2v) is 6.95. The maximum Gasteiger partial charge on any atom is 0.252 e. The lowest BCUT2D eigenvalue weighted by molar-refractivity contribution is -0.156. The summed E-state index contributed by atoms with van der Waals surface area (Å²) in [6.45, 7) is 2.51. The van der Waals surface area contributed by atoms with Crippen LogP contribution in [0.25, 0.3) is 10.9 Å². The first-order valence-electron chi connectivity index (χ1n) is 7.30. The van der Waals surface area contributed by atoms with Crippen LogP contribution >= 0.6 is 15.9 Å². The molecule has 0 radical (unpaired) electrons. The zero-order valence-corrected chi connectivity index (χ0v) is 14.3. The quantitative estimate of drug-likeness (QED) is 0.777. The lowest BCUT2D eigenvalue weighted by Crippen LogP contribution is -2.61. The van der Waals surface area contributed by atoms with Gasteiger partial charge in [0.2, 0.25) is 0 Å². The second-order valence-electron chi connectivity index (χ2n) is 6.03. The Morgan fingerprint density at radius 2 is 2.23 bits per heavy atom. The van der Waals surface area contributed by atoms with Gasteiger partial charge in [0.05, 0.1) is 6.54 Å². The number of fused-ring (bicyclic) bond motifs is 1. The lowest BCUT2D eigenvalue weighted by Gasteiger charge is -2.43. The highest BCUT2D eigenvalue weighted by atomic mass is 79.9. The van der Waals surface area contributed by atoms with E-state index in [4.69, 9.17) is 10.5 Å². The predicted molar refractivity (Wildman–Crippen MR) is 89.5 cm³/mol. The molecular weight excluding hydrogens is 346 g/mol. The summed E-state index contributed by atoms with van der Waals surface area (Å²) < 4.78 is 6.43. The Balaban J connectivity index is 1.72. The van der Waals surface area contributed by atoms with Gasteiger partial charge >= 0.3 is 0 Å². The van der Waals surface area contributed by atoms with Gasteiger partial charge in [-0.1, -0.05) is 15.9 Å². The van der Waals surface area contributed by atoms with Crippen LogP contribution in [0.2, 0.25) is 0 Å². The molecule has 6 heteroatoms. The molecule has 1 heterocycles. The molecule has 1 aromatic carbocycles. The van der Waals surface area contributed by atoms with Gasteiger partial charge in [-0.2, -0.15) is 0 Å². The smallest absolute Gasteiger partial charge is 0.252 e. The van der Waals surface area contributed by atoms with Crippen LogP contribution in [0.15, 0.2) is 22.7 Å². The van der Waals surface area contributed by atoms with E-state index in [0.29, 0.717) is 19.4 Å². The number of rotatable bonds is 4. The van der Waals surface area contributed by atoms with Gasteiger partial charge in [0.15, 0.2) is 0 Å². The Morgan fingerprint density at radius 1 is 1.50 bits per heavy atom. The zero-order chi connectivity index (χ0) is 15.9. The van der Waals surface area contributed by atoms with Crippen LogP contribution < -0.4 is 11.1 Å². The number of methoxy groups -OCH3 is 1. The minimum Gasteiger partial charge on any atom is -0.368 e. The molecule has 1 aliphatic carbocycles. The van der Waals surface area contributed by atoms with Crippen LogP contribution in [0, 0.1) is 6.92 Å². The molecule has 1 aromatic heterocycles. The second kappa shape index (κ2) is 5.68. The third-order valence-corrected chi connectivity index (χ3v) is 4.83. The molecule has 22 heavy (non-hydrogen) atoms. The molecule has 0 atom stereocenters. The molecule has 0 spiro atoms. The van der Waals surface area contributed by atoms with E-state index in [1.54, 1.807) is 7.11 Å². The van der Waals surface area contributed by atoms with Crippen LogP contribution in [0.1, 0.15) is 24.1 Å². The number of nitrogens with two attached hydrogens (primary N) is 1. The number of halogens is 1. The average Bonchev–Trinajstić information content (AvgIpc) is 2.84. The van der Waals surface area contributed by atoms with Crippen molar-refractivity contribution < 1.29 is 9.53 Å². The van der Waals surface area contributed by atoms with Crippen LogP contribution in [-0.2, 0) is 16.1 Å².